The summed E-state index contributed by atoms with van der Waals surface area (Å²) in [6.45, 7) is 5.60. The van der Waals surface area contributed by atoms with Crippen molar-refractivity contribution in [2.45, 2.75) is 31.6 Å². The van der Waals surface area contributed by atoms with Crippen LogP contribution >= 0.6 is 11.5 Å². The van der Waals surface area contributed by atoms with Crippen LogP contribution in [-0.4, -0.2) is 18.5 Å². The standard InChI is InChI=1S/C8H13NO2S2/c1-4-13(10,11)7-5-9-12-8(7)6(2)3/h5-6H,4H2,1-3H3. The monoisotopic (exact) mass is 219 g/mol. The van der Waals surface area contributed by atoms with Gasteiger partial charge in [0.05, 0.1) is 11.9 Å². The molecule has 0 atom stereocenters. The van der Waals surface area contributed by atoms with Crippen LogP contribution in [0.2, 0.25) is 0 Å². The molecule has 0 radical (unpaired) electrons. The summed E-state index contributed by atoms with van der Waals surface area (Å²) in [5, 5.41) is 0. The van der Waals surface area contributed by atoms with Gasteiger partial charge in [0.15, 0.2) is 9.84 Å². The predicted octanol–water partition coefficient (Wildman–Crippen LogP) is 2.06. The Labute approximate surface area is 82.9 Å². The molecule has 0 aliphatic carbocycles. The van der Waals surface area contributed by atoms with E-state index in [4.69, 9.17) is 0 Å². The van der Waals surface area contributed by atoms with Crippen LogP contribution in [0.15, 0.2) is 11.1 Å². The van der Waals surface area contributed by atoms with Crippen LogP contribution in [-0.2, 0) is 9.84 Å². The second-order valence-electron chi connectivity index (χ2n) is 3.11. The fraction of sp³-hybridized carbons (Fsp3) is 0.625. The second kappa shape index (κ2) is 3.75. The van der Waals surface area contributed by atoms with Gasteiger partial charge in [-0.2, -0.15) is 4.37 Å². The Kier molecular flexibility index (Phi) is 3.08. The van der Waals surface area contributed by atoms with E-state index in [1.165, 1.54) is 17.7 Å². The highest BCUT2D eigenvalue weighted by Gasteiger charge is 2.20. The van der Waals surface area contributed by atoms with E-state index in [1.54, 1.807) is 6.92 Å². The number of nitrogens with zero attached hydrogens (tertiary/aromatic N) is 1. The molecule has 1 heterocycles. The van der Waals surface area contributed by atoms with Gasteiger partial charge in [-0.05, 0) is 17.5 Å². The quantitative estimate of drug-likeness (QED) is 0.781. The van der Waals surface area contributed by atoms with E-state index in [1.807, 2.05) is 13.8 Å². The minimum Gasteiger partial charge on any atom is -0.224 e. The molecule has 1 aromatic heterocycles. The maximum Gasteiger partial charge on any atom is 0.180 e. The number of rotatable bonds is 3. The van der Waals surface area contributed by atoms with E-state index >= 15 is 0 Å². The van der Waals surface area contributed by atoms with Crippen molar-refractivity contribution in [1.82, 2.24) is 4.37 Å². The Morgan fingerprint density at radius 2 is 2.15 bits per heavy atom. The second-order valence-corrected chi connectivity index (χ2v) is 6.19. The summed E-state index contributed by atoms with van der Waals surface area (Å²) in [7, 11) is -3.08. The molecule has 1 aromatic rings. The lowest BCUT2D eigenvalue weighted by atomic mass is 10.2. The lowest BCUT2D eigenvalue weighted by Crippen LogP contribution is -2.05. The number of sulfone groups is 1. The maximum atomic E-state index is 11.6. The molecule has 5 heteroatoms. The average Bonchev–Trinajstić information content (AvgIpc) is 2.52. The molecule has 0 N–H and O–H groups in total. The SMILES string of the molecule is CCS(=O)(=O)c1cnsc1C(C)C. The molecule has 13 heavy (non-hydrogen) atoms. The smallest absolute Gasteiger partial charge is 0.180 e. The molecule has 0 saturated carbocycles. The fourth-order valence-corrected chi connectivity index (χ4v) is 3.27. The minimum absolute atomic E-state index is 0.144. The summed E-state index contributed by atoms with van der Waals surface area (Å²) >= 11 is 1.27. The van der Waals surface area contributed by atoms with Crippen molar-refractivity contribution in [3.05, 3.63) is 11.1 Å². The van der Waals surface area contributed by atoms with Gasteiger partial charge in [-0.3, -0.25) is 0 Å². The van der Waals surface area contributed by atoms with Crippen molar-refractivity contribution in [2.75, 3.05) is 5.75 Å². The van der Waals surface area contributed by atoms with Crippen LogP contribution in [0, 0.1) is 0 Å². The Morgan fingerprint density at radius 3 is 2.62 bits per heavy atom. The summed E-state index contributed by atoms with van der Waals surface area (Å²) in [5.41, 5.74) is 0. The number of hydrogen-bond acceptors (Lipinski definition) is 4. The summed E-state index contributed by atoms with van der Waals surface area (Å²) in [6.07, 6.45) is 1.46. The van der Waals surface area contributed by atoms with Gasteiger partial charge < -0.3 is 0 Å². The summed E-state index contributed by atoms with van der Waals surface area (Å²) < 4.78 is 27.0. The van der Waals surface area contributed by atoms with Crippen LogP contribution in [0.25, 0.3) is 0 Å². The lowest BCUT2D eigenvalue weighted by Gasteiger charge is -2.04. The molecule has 0 saturated heterocycles. The first-order valence-corrected chi connectivity index (χ1v) is 6.59. The molecular weight excluding hydrogens is 206 g/mol. The zero-order valence-electron chi connectivity index (χ0n) is 7.94. The topological polar surface area (TPSA) is 47.0 Å². The molecule has 74 valence electrons. The Balaban J connectivity index is 3.23. The van der Waals surface area contributed by atoms with Gasteiger partial charge >= 0.3 is 0 Å². The van der Waals surface area contributed by atoms with Crippen LogP contribution in [0.5, 0.6) is 0 Å². The van der Waals surface area contributed by atoms with Crippen molar-refractivity contribution in [2.24, 2.45) is 0 Å². The summed E-state index contributed by atoms with van der Waals surface area (Å²) in [4.78, 5) is 1.27. The minimum atomic E-state index is -3.08. The molecule has 0 amide bonds. The molecule has 0 unspecified atom stereocenters. The third-order valence-corrected chi connectivity index (χ3v) is 4.79. The highest BCUT2D eigenvalue weighted by atomic mass is 32.2. The average molecular weight is 219 g/mol. The Morgan fingerprint density at radius 1 is 1.54 bits per heavy atom. The first-order valence-electron chi connectivity index (χ1n) is 4.16. The van der Waals surface area contributed by atoms with Crippen LogP contribution in [0.4, 0.5) is 0 Å². The molecule has 0 bridgehead atoms. The first-order chi connectivity index (χ1) is 5.99. The molecule has 0 spiro atoms. The van der Waals surface area contributed by atoms with Crippen LogP contribution in [0.1, 0.15) is 31.6 Å². The van der Waals surface area contributed by atoms with Crippen molar-refractivity contribution in [1.29, 1.82) is 0 Å². The van der Waals surface area contributed by atoms with Gasteiger partial charge in [-0.25, -0.2) is 8.42 Å². The highest BCUT2D eigenvalue weighted by Crippen LogP contribution is 2.27. The van der Waals surface area contributed by atoms with Gasteiger partial charge in [-0.1, -0.05) is 20.8 Å². The van der Waals surface area contributed by atoms with E-state index in [9.17, 15) is 8.42 Å². The van der Waals surface area contributed by atoms with Crippen molar-refractivity contribution < 1.29 is 8.42 Å². The van der Waals surface area contributed by atoms with Crippen molar-refractivity contribution in [3.8, 4) is 0 Å². The zero-order valence-corrected chi connectivity index (χ0v) is 9.58. The summed E-state index contributed by atoms with van der Waals surface area (Å²) in [5.74, 6) is 0.370. The molecule has 3 nitrogen and oxygen atoms in total. The molecule has 0 aliphatic heterocycles. The number of aromatic nitrogens is 1. The van der Waals surface area contributed by atoms with Gasteiger partial charge in [0.25, 0.3) is 0 Å². The maximum absolute atomic E-state index is 11.6. The van der Waals surface area contributed by atoms with Crippen molar-refractivity contribution in [3.63, 3.8) is 0 Å². The van der Waals surface area contributed by atoms with Gasteiger partial charge in [0, 0.05) is 4.88 Å². The molecule has 0 aliphatic rings. The number of hydrogen-bond donors (Lipinski definition) is 0. The Hall–Kier alpha value is -0.420. The molecule has 0 fully saturated rings. The van der Waals surface area contributed by atoms with Crippen LogP contribution in [0.3, 0.4) is 0 Å². The largest absolute Gasteiger partial charge is 0.224 e. The normalized spacial score (nSPS) is 12.3. The molecule has 0 aromatic carbocycles. The lowest BCUT2D eigenvalue weighted by molar-refractivity contribution is 0.595. The van der Waals surface area contributed by atoms with E-state index in [0.29, 0.717) is 4.90 Å². The van der Waals surface area contributed by atoms with Gasteiger partial charge in [-0.15, -0.1) is 0 Å². The predicted molar refractivity (Wildman–Crippen MR) is 53.9 cm³/mol. The van der Waals surface area contributed by atoms with Crippen molar-refractivity contribution >= 4 is 21.4 Å². The van der Waals surface area contributed by atoms with E-state index in [2.05, 4.69) is 4.37 Å². The van der Waals surface area contributed by atoms with E-state index in [-0.39, 0.29) is 11.7 Å². The van der Waals surface area contributed by atoms with Crippen LogP contribution < -0.4 is 0 Å². The third-order valence-electron chi connectivity index (χ3n) is 1.80. The van der Waals surface area contributed by atoms with Gasteiger partial charge in [0.1, 0.15) is 4.90 Å². The van der Waals surface area contributed by atoms with Gasteiger partial charge in [0.2, 0.25) is 0 Å². The Bertz CT molecular complexity index is 379. The molecule has 1 rings (SSSR count). The molecular formula is C8H13NO2S2. The fourth-order valence-electron chi connectivity index (χ4n) is 1.02. The summed E-state index contributed by atoms with van der Waals surface area (Å²) in [6, 6.07) is 0. The van der Waals surface area contributed by atoms with E-state index < -0.39 is 9.84 Å². The third kappa shape index (κ3) is 2.08. The highest BCUT2D eigenvalue weighted by molar-refractivity contribution is 7.91. The first kappa shape index (κ1) is 10.7. The zero-order chi connectivity index (χ0) is 10.1. The van der Waals surface area contributed by atoms with E-state index in [0.717, 1.165) is 4.88 Å².